The minimum atomic E-state index is -0.364. The Morgan fingerprint density at radius 1 is 1.47 bits per heavy atom. The largest absolute Gasteiger partial charge is 0.384 e. The maximum atomic E-state index is 11.1. The van der Waals surface area contributed by atoms with Gasteiger partial charge in [-0.3, -0.25) is 4.79 Å². The first-order chi connectivity index (χ1) is 9.25. The fourth-order valence-electron chi connectivity index (χ4n) is 2.56. The van der Waals surface area contributed by atoms with Gasteiger partial charge in [-0.1, -0.05) is 18.2 Å². The summed E-state index contributed by atoms with van der Waals surface area (Å²) >= 11 is 0. The van der Waals surface area contributed by atoms with E-state index in [4.69, 9.17) is 5.73 Å². The van der Waals surface area contributed by atoms with Gasteiger partial charge in [0.1, 0.15) is 6.54 Å². The van der Waals surface area contributed by atoms with Crippen molar-refractivity contribution in [3.63, 3.8) is 0 Å². The van der Waals surface area contributed by atoms with E-state index < -0.39 is 0 Å². The van der Waals surface area contributed by atoms with Crippen LogP contribution >= 0.6 is 0 Å². The van der Waals surface area contributed by atoms with E-state index in [1.165, 1.54) is 5.56 Å². The molecular formula is C14H16N4O. The number of para-hydroxylation sites is 1. The molecule has 5 heteroatoms. The van der Waals surface area contributed by atoms with E-state index in [1.807, 2.05) is 12.1 Å². The third-order valence-corrected chi connectivity index (χ3v) is 3.39. The van der Waals surface area contributed by atoms with Crippen molar-refractivity contribution in [2.24, 2.45) is 5.73 Å². The average molecular weight is 256 g/mol. The zero-order chi connectivity index (χ0) is 13.2. The van der Waals surface area contributed by atoms with Gasteiger partial charge in [-0.2, -0.15) is 0 Å². The van der Waals surface area contributed by atoms with Gasteiger partial charge in [0.05, 0.1) is 18.2 Å². The molecule has 0 spiro atoms. The summed E-state index contributed by atoms with van der Waals surface area (Å²) in [5, 5.41) is 3.44. The molecule has 0 fully saturated rings. The second-order valence-electron chi connectivity index (χ2n) is 4.74. The van der Waals surface area contributed by atoms with Crippen molar-refractivity contribution in [2.45, 2.75) is 19.4 Å². The lowest BCUT2D eigenvalue weighted by molar-refractivity contribution is -0.118. The van der Waals surface area contributed by atoms with Gasteiger partial charge in [0.25, 0.3) is 0 Å². The van der Waals surface area contributed by atoms with E-state index in [0.29, 0.717) is 0 Å². The van der Waals surface area contributed by atoms with Gasteiger partial charge in [-0.25, -0.2) is 4.98 Å². The molecule has 1 aromatic heterocycles. The highest BCUT2D eigenvalue weighted by Crippen LogP contribution is 2.33. The first-order valence-electron chi connectivity index (χ1n) is 6.40. The molecule has 1 aliphatic heterocycles. The van der Waals surface area contributed by atoms with Crippen LogP contribution in [0.2, 0.25) is 0 Å². The highest BCUT2D eigenvalue weighted by Gasteiger charge is 2.16. The first kappa shape index (κ1) is 11.8. The molecule has 0 bridgehead atoms. The molecule has 2 heterocycles. The Balaban J connectivity index is 2.07. The summed E-state index contributed by atoms with van der Waals surface area (Å²) in [6.07, 6.45) is 5.65. The highest BCUT2D eigenvalue weighted by molar-refractivity contribution is 5.80. The van der Waals surface area contributed by atoms with Gasteiger partial charge in [0.2, 0.25) is 5.91 Å². The Labute approximate surface area is 111 Å². The Hall–Kier alpha value is -2.30. The van der Waals surface area contributed by atoms with Gasteiger partial charge >= 0.3 is 0 Å². The second-order valence-corrected chi connectivity index (χ2v) is 4.74. The van der Waals surface area contributed by atoms with Crippen LogP contribution in [0.4, 0.5) is 5.69 Å². The zero-order valence-electron chi connectivity index (χ0n) is 10.6. The lowest BCUT2D eigenvalue weighted by Gasteiger charge is -2.21. The first-order valence-corrected chi connectivity index (χ1v) is 6.40. The number of hydrogen-bond donors (Lipinski definition) is 2. The number of aryl methyl sites for hydroxylation is 1. The van der Waals surface area contributed by atoms with Crippen LogP contribution in [0.15, 0.2) is 30.7 Å². The molecular weight excluding hydrogens is 240 g/mol. The van der Waals surface area contributed by atoms with Crippen LogP contribution in [0.1, 0.15) is 12.0 Å². The molecule has 0 saturated carbocycles. The molecule has 1 aromatic carbocycles. The maximum Gasteiger partial charge on any atom is 0.237 e. The van der Waals surface area contributed by atoms with Crippen LogP contribution < -0.4 is 11.1 Å². The molecule has 98 valence electrons. The fraction of sp³-hybridized carbons (Fsp3) is 0.286. The zero-order valence-corrected chi connectivity index (χ0v) is 10.6. The molecule has 0 unspecified atom stereocenters. The van der Waals surface area contributed by atoms with Crippen LogP contribution in [0, 0.1) is 0 Å². The number of benzene rings is 1. The summed E-state index contributed by atoms with van der Waals surface area (Å²) in [6.45, 7) is 1.13. The number of nitrogens with one attached hydrogen (secondary N) is 1. The Morgan fingerprint density at radius 3 is 3.21 bits per heavy atom. The van der Waals surface area contributed by atoms with Crippen molar-refractivity contribution >= 4 is 11.6 Å². The normalized spacial score (nSPS) is 13.7. The predicted octanol–water partition coefficient (Wildman–Crippen LogP) is 1.39. The third kappa shape index (κ3) is 2.19. The van der Waals surface area contributed by atoms with E-state index in [9.17, 15) is 4.79 Å². The highest BCUT2D eigenvalue weighted by atomic mass is 16.1. The number of amides is 1. The number of hydrogen-bond acceptors (Lipinski definition) is 3. The van der Waals surface area contributed by atoms with Crippen molar-refractivity contribution in [3.8, 4) is 11.3 Å². The van der Waals surface area contributed by atoms with Crippen LogP contribution in [-0.4, -0.2) is 22.0 Å². The van der Waals surface area contributed by atoms with Gasteiger partial charge in [-0.15, -0.1) is 0 Å². The Bertz CT molecular complexity index is 618. The molecule has 19 heavy (non-hydrogen) atoms. The quantitative estimate of drug-likeness (QED) is 0.871. The third-order valence-electron chi connectivity index (χ3n) is 3.39. The minimum Gasteiger partial charge on any atom is -0.384 e. The van der Waals surface area contributed by atoms with Gasteiger partial charge in [0, 0.05) is 17.8 Å². The van der Waals surface area contributed by atoms with Crippen LogP contribution in [0.25, 0.3) is 11.3 Å². The monoisotopic (exact) mass is 256 g/mol. The number of fused-ring (bicyclic) bond motifs is 1. The molecule has 5 nitrogen and oxygen atoms in total. The number of nitrogens with zero attached hydrogens (tertiary/aromatic N) is 2. The van der Waals surface area contributed by atoms with Crippen LogP contribution in [0.5, 0.6) is 0 Å². The SMILES string of the molecule is NC(=O)Cn1cncc1-c1cccc2c1NCCC2. The van der Waals surface area contributed by atoms with Crippen LogP contribution in [-0.2, 0) is 17.8 Å². The van der Waals surface area contributed by atoms with Crippen molar-refractivity contribution in [1.29, 1.82) is 0 Å². The molecule has 0 saturated heterocycles. The summed E-state index contributed by atoms with van der Waals surface area (Å²) in [5.74, 6) is -0.364. The van der Waals surface area contributed by atoms with E-state index in [0.717, 1.165) is 36.3 Å². The van der Waals surface area contributed by atoms with Crippen LogP contribution in [0.3, 0.4) is 0 Å². The van der Waals surface area contributed by atoms with E-state index in [-0.39, 0.29) is 12.5 Å². The van der Waals surface area contributed by atoms with Crippen molar-refractivity contribution in [3.05, 3.63) is 36.3 Å². The number of imidazole rings is 1. The summed E-state index contributed by atoms with van der Waals surface area (Å²) in [7, 11) is 0. The summed E-state index contributed by atoms with van der Waals surface area (Å²) in [6, 6.07) is 6.23. The lowest BCUT2D eigenvalue weighted by Crippen LogP contribution is -2.19. The van der Waals surface area contributed by atoms with E-state index in [1.54, 1.807) is 17.1 Å². The standard InChI is InChI=1S/C14H16N4O/c15-13(19)8-18-9-16-7-12(18)11-5-1-3-10-4-2-6-17-14(10)11/h1,3,5,7,9,17H,2,4,6,8H2,(H2,15,19). The molecule has 3 rings (SSSR count). The van der Waals surface area contributed by atoms with E-state index in [2.05, 4.69) is 16.4 Å². The summed E-state index contributed by atoms with van der Waals surface area (Å²) < 4.78 is 1.79. The molecule has 0 atom stereocenters. The smallest absolute Gasteiger partial charge is 0.237 e. The van der Waals surface area contributed by atoms with Gasteiger partial charge in [0.15, 0.2) is 0 Å². The van der Waals surface area contributed by atoms with Gasteiger partial charge < -0.3 is 15.6 Å². The lowest BCUT2D eigenvalue weighted by atomic mass is 9.98. The number of rotatable bonds is 3. The molecule has 1 aliphatic rings. The number of nitrogens with two attached hydrogens (primary N) is 1. The molecule has 0 aliphatic carbocycles. The molecule has 2 aromatic rings. The Morgan fingerprint density at radius 2 is 2.37 bits per heavy atom. The number of carbonyl (C=O) groups excluding carboxylic acids is 1. The molecule has 1 amide bonds. The number of aromatic nitrogens is 2. The number of anilines is 1. The minimum absolute atomic E-state index is 0.152. The topological polar surface area (TPSA) is 72.9 Å². The average Bonchev–Trinajstić information content (AvgIpc) is 2.85. The van der Waals surface area contributed by atoms with Crippen molar-refractivity contribution < 1.29 is 4.79 Å². The van der Waals surface area contributed by atoms with E-state index >= 15 is 0 Å². The maximum absolute atomic E-state index is 11.1. The number of primary amides is 1. The number of carbonyl (C=O) groups is 1. The predicted molar refractivity (Wildman–Crippen MR) is 73.7 cm³/mol. The molecule has 0 radical (unpaired) electrons. The summed E-state index contributed by atoms with van der Waals surface area (Å²) in [4.78, 5) is 15.2. The van der Waals surface area contributed by atoms with Gasteiger partial charge in [-0.05, 0) is 18.4 Å². The van der Waals surface area contributed by atoms with Crippen molar-refractivity contribution in [2.75, 3.05) is 11.9 Å². The molecule has 3 N–H and O–H groups in total. The van der Waals surface area contributed by atoms with Crippen molar-refractivity contribution in [1.82, 2.24) is 9.55 Å². The Kier molecular flexibility index (Phi) is 2.95. The fourth-order valence-corrected chi connectivity index (χ4v) is 2.56. The summed E-state index contributed by atoms with van der Waals surface area (Å²) in [5.41, 5.74) is 9.73. The second kappa shape index (κ2) is 4.76.